The van der Waals surface area contributed by atoms with Gasteiger partial charge < -0.3 is 16.2 Å². The first kappa shape index (κ1) is 13.5. The number of hydrogen-bond acceptors (Lipinski definition) is 3. The molecule has 1 amide bonds. The Morgan fingerprint density at radius 2 is 2.06 bits per heavy atom. The number of nitrogens with two attached hydrogens (primary N) is 1. The second kappa shape index (κ2) is 6.91. The molecule has 0 spiro atoms. The largest absolute Gasteiger partial charge is 0.399 e. The molecule has 4 N–H and O–H groups in total. The fraction of sp³-hybridized carbons (Fsp3) is 0.462. The van der Waals surface area contributed by atoms with Gasteiger partial charge in [-0.25, -0.2) is 0 Å². The van der Waals surface area contributed by atoms with Crippen LogP contribution in [0.15, 0.2) is 24.3 Å². The SMILES string of the molecule is CC(CC(=O)NCCCO)c1ccc(N)cc1. The van der Waals surface area contributed by atoms with Crippen LogP contribution in [0.2, 0.25) is 0 Å². The molecular formula is C13H20N2O2. The van der Waals surface area contributed by atoms with Gasteiger partial charge in [-0.05, 0) is 30.0 Å². The molecule has 4 heteroatoms. The number of aliphatic hydroxyl groups excluding tert-OH is 1. The molecule has 1 aromatic rings. The Balaban J connectivity index is 2.40. The molecule has 0 aliphatic rings. The van der Waals surface area contributed by atoms with Crippen molar-refractivity contribution in [3.63, 3.8) is 0 Å². The number of carbonyl (C=O) groups is 1. The average molecular weight is 236 g/mol. The summed E-state index contributed by atoms with van der Waals surface area (Å²) < 4.78 is 0. The third kappa shape index (κ3) is 4.87. The Kier molecular flexibility index (Phi) is 5.49. The normalized spacial score (nSPS) is 12.1. The van der Waals surface area contributed by atoms with Crippen LogP contribution in [0.5, 0.6) is 0 Å². The van der Waals surface area contributed by atoms with Crippen LogP contribution in [-0.4, -0.2) is 24.2 Å². The summed E-state index contributed by atoms with van der Waals surface area (Å²) >= 11 is 0. The maximum atomic E-state index is 11.6. The Labute approximate surface area is 102 Å². The lowest BCUT2D eigenvalue weighted by atomic mass is 9.97. The minimum absolute atomic E-state index is 0.0165. The average Bonchev–Trinajstić information content (AvgIpc) is 2.30. The van der Waals surface area contributed by atoms with Gasteiger partial charge in [0.1, 0.15) is 0 Å². The number of carbonyl (C=O) groups excluding carboxylic acids is 1. The van der Waals surface area contributed by atoms with E-state index < -0.39 is 0 Å². The Hall–Kier alpha value is -1.55. The number of rotatable bonds is 6. The van der Waals surface area contributed by atoms with Crippen molar-refractivity contribution in [1.29, 1.82) is 0 Å². The molecular weight excluding hydrogens is 216 g/mol. The summed E-state index contributed by atoms with van der Waals surface area (Å²) in [5, 5.41) is 11.4. The molecule has 1 atom stereocenters. The first-order valence-electron chi connectivity index (χ1n) is 5.86. The summed E-state index contributed by atoms with van der Waals surface area (Å²) in [5.74, 6) is 0.188. The van der Waals surface area contributed by atoms with E-state index in [9.17, 15) is 4.79 Å². The molecule has 0 aliphatic carbocycles. The molecule has 1 rings (SSSR count). The number of nitrogen functional groups attached to an aromatic ring is 1. The third-order valence-corrected chi connectivity index (χ3v) is 2.65. The van der Waals surface area contributed by atoms with Crippen molar-refractivity contribution in [1.82, 2.24) is 5.32 Å². The van der Waals surface area contributed by atoms with Crippen molar-refractivity contribution in [2.45, 2.75) is 25.7 Å². The van der Waals surface area contributed by atoms with E-state index in [1.807, 2.05) is 31.2 Å². The van der Waals surface area contributed by atoms with Crippen molar-refractivity contribution >= 4 is 11.6 Å². The van der Waals surface area contributed by atoms with E-state index in [2.05, 4.69) is 5.32 Å². The van der Waals surface area contributed by atoms with E-state index in [0.717, 1.165) is 11.3 Å². The second-order valence-corrected chi connectivity index (χ2v) is 4.20. The van der Waals surface area contributed by atoms with E-state index in [1.54, 1.807) is 0 Å². The van der Waals surface area contributed by atoms with E-state index in [4.69, 9.17) is 10.8 Å². The second-order valence-electron chi connectivity index (χ2n) is 4.20. The Bertz CT molecular complexity index is 349. The zero-order valence-electron chi connectivity index (χ0n) is 10.1. The molecule has 17 heavy (non-hydrogen) atoms. The van der Waals surface area contributed by atoms with Crippen LogP contribution in [0, 0.1) is 0 Å². The van der Waals surface area contributed by atoms with Crippen LogP contribution in [0.3, 0.4) is 0 Å². The van der Waals surface area contributed by atoms with Gasteiger partial charge >= 0.3 is 0 Å². The monoisotopic (exact) mass is 236 g/mol. The van der Waals surface area contributed by atoms with Crippen LogP contribution in [-0.2, 0) is 4.79 Å². The number of nitrogens with one attached hydrogen (secondary N) is 1. The van der Waals surface area contributed by atoms with Gasteiger partial charge in [-0.1, -0.05) is 19.1 Å². The first-order valence-corrected chi connectivity index (χ1v) is 5.86. The van der Waals surface area contributed by atoms with Crippen molar-refractivity contribution in [2.24, 2.45) is 0 Å². The smallest absolute Gasteiger partial charge is 0.220 e. The van der Waals surface area contributed by atoms with Gasteiger partial charge in [-0.3, -0.25) is 4.79 Å². The summed E-state index contributed by atoms with van der Waals surface area (Å²) in [5.41, 5.74) is 7.44. The minimum Gasteiger partial charge on any atom is -0.399 e. The molecule has 4 nitrogen and oxygen atoms in total. The highest BCUT2D eigenvalue weighted by molar-refractivity contribution is 5.76. The summed E-state index contributed by atoms with van der Waals surface area (Å²) in [4.78, 5) is 11.6. The molecule has 0 heterocycles. The lowest BCUT2D eigenvalue weighted by molar-refractivity contribution is -0.121. The van der Waals surface area contributed by atoms with E-state index in [1.165, 1.54) is 0 Å². The highest BCUT2D eigenvalue weighted by atomic mass is 16.3. The van der Waals surface area contributed by atoms with Crippen molar-refractivity contribution in [3.05, 3.63) is 29.8 Å². The van der Waals surface area contributed by atoms with Gasteiger partial charge in [0.2, 0.25) is 5.91 Å². The molecule has 1 aromatic carbocycles. The highest BCUT2D eigenvalue weighted by Gasteiger charge is 2.10. The third-order valence-electron chi connectivity index (χ3n) is 2.65. The minimum atomic E-state index is 0.0165. The quantitative estimate of drug-likeness (QED) is 0.514. The summed E-state index contributed by atoms with van der Waals surface area (Å²) in [6, 6.07) is 7.58. The van der Waals surface area contributed by atoms with Crippen molar-refractivity contribution in [3.8, 4) is 0 Å². The zero-order chi connectivity index (χ0) is 12.7. The van der Waals surface area contributed by atoms with Gasteiger partial charge in [-0.2, -0.15) is 0 Å². The van der Waals surface area contributed by atoms with E-state index >= 15 is 0 Å². The molecule has 0 saturated carbocycles. The summed E-state index contributed by atoms with van der Waals surface area (Å²) in [6.07, 6.45) is 1.05. The number of benzene rings is 1. The maximum Gasteiger partial charge on any atom is 0.220 e. The van der Waals surface area contributed by atoms with Crippen LogP contribution in [0.4, 0.5) is 5.69 Å². The molecule has 0 bridgehead atoms. The number of aliphatic hydroxyl groups is 1. The Morgan fingerprint density at radius 1 is 1.41 bits per heavy atom. The van der Waals surface area contributed by atoms with E-state index in [-0.39, 0.29) is 18.4 Å². The standard InChI is InChI=1S/C13H20N2O2/c1-10(9-13(17)15-7-2-8-16)11-3-5-12(14)6-4-11/h3-6,10,16H,2,7-9,14H2,1H3,(H,15,17). The fourth-order valence-corrected chi connectivity index (χ4v) is 1.60. The number of hydrogen-bond donors (Lipinski definition) is 3. The molecule has 94 valence electrons. The van der Waals surface area contributed by atoms with Crippen LogP contribution in [0.25, 0.3) is 0 Å². The lowest BCUT2D eigenvalue weighted by Gasteiger charge is -2.12. The summed E-state index contributed by atoms with van der Waals surface area (Å²) in [7, 11) is 0. The van der Waals surface area contributed by atoms with Gasteiger partial charge in [0.15, 0.2) is 0 Å². The van der Waals surface area contributed by atoms with Gasteiger partial charge in [-0.15, -0.1) is 0 Å². The molecule has 1 unspecified atom stereocenters. The highest BCUT2D eigenvalue weighted by Crippen LogP contribution is 2.19. The van der Waals surface area contributed by atoms with Crippen LogP contribution >= 0.6 is 0 Å². The molecule has 0 saturated heterocycles. The molecule has 0 fully saturated rings. The predicted molar refractivity (Wildman–Crippen MR) is 68.6 cm³/mol. The van der Waals surface area contributed by atoms with Gasteiger partial charge in [0.05, 0.1) is 0 Å². The topological polar surface area (TPSA) is 75.3 Å². The number of anilines is 1. The Morgan fingerprint density at radius 3 is 2.65 bits per heavy atom. The predicted octanol–water partition coefficient (Wildman–Crippen LogP) is 1.26. The zero-order valence-corrected chi connectivity index (χ0v) is 10.1. The molecule has 0 aromatic heterocycles. The van der Waals surface area contributed by atoms with Gasteiger partial charge in [0, 0.05) is 25.3 Å². The molecule has 0 aliphatic heterocycles. The maximum absolute atomic E-state index is 11.6. The number of amides is 1. The van der Waals surface area contributed by atoms with Crippen molar-refractivity contribution in [2.75, 3.05) is 18.9 Å². The van der Waals surface area contributed by atoms with Crippen LogP contribution < -0.4 is 11.1 Å². The molecule has 0 radical (unpaired) electrons. The summed E-state index contributed by atoms with van der Waals surface area (Å²) in [6.45, 7) is 2.65. The lowest BCUT2D eigenvalue weighted by Crippen LogP contribution is -2.26. The fourth-order valence-electron chi connectivity index (χ4n) is 1.60. The van der Waals surface area contributed by atoms with Crippen LogP contribution in [0.1, 0.15) is 31.2 Å². The van der Waals surface area contributed by atoms with E-state index in [0.29, 0.717) is 19.4 Å². The first-order chi connectivity index (χ1) is 8.13. The van der Waals surface area contributed by atoms with Gasteiger partial charge in [0.25, 0.3) is 0 Å². The van der Waals surface area contributed by atoms with Crippen molar-refractivity contribution < 1.29 is 9.90 Å².